The van der Waals surface area contributed by atoms with Crippen LogP contribution in [0.5, 0.6) is 23.0 Å². The van der Waals surface area contributed by atoms with Crippen LogP contribution in [0.2, 0.25) is 5.02 Å². The van der Waals surface area contributed by atoms with Gasteiger partial charge in [-0.15, -0.1) is 0 Å². The molecule has 0 bridgehead atoms. The summed E-state index contributed by atoms with van der Waals surface area (Å²) in [4.78, 5) is 8.89. The Hall–Kier alpha value is -5.12. The van der Waals surface area contributed by atoms with E-state index in [-0.39, 0.29) is 5.75 Å². The average Bonchev–Trinajstić information content (AvgIpc) is 3.54. The highest BCUT2D eigenvalue weighted by Gasteiger charge is 2.12. The van der Waals surface area contributed by atoms with Crippen molar-refractivity contribution in [3.8, 4) is 34.3 Å². The lowest BCUT2D eigenvalue weighted by Crippen LogP contribution is -2.16. The van der Waals surface area contributed by atoms with E-state index in [1.54, 1.807) is 50.6 Å². The van der Waals surface area contributed by atoms with Crippen LogP contribution in [0.4, 0.5) is 15.9 Å². The highest BCUT2D eigenvalue weighted by atomic mass is 35.5. The minimum Gasteiger partial charge on any atom is -0.497 e. The molecule has 6 aromatic rings. The molecular weight excluding hydrogens is 595 g/mol. The summed E-state index contributed by atoms with van der Waals surface area (Å²) in [7, 11) is 3.29. The van der Waals surface area contributed by atoms with Gasteiger partial charge in [-0.05, 0) is 91.3 Å². The number of anilines is 2. The third-order valence-electron chi connectivity index (χ3n) is 7.13. The van der Waals surface area contributed by atoms with Gasteiger partial charge in [0.25, 0.3) is 0 Å². The molecule has 0 radical (unpaired) electrons. The molecule has 0 aliphatic heterocycles. The lowest BCUT2D eigenvalue weighted by Gasteiger charge is -2.12. The van der Waals surface area contributed by atoms with Crippen LogP contribution in [-0.2, 0) is 13.0 Å². The Morgan fingerprint density at radius 2 is 1.67 bits per heavy atom. The molecule has 2 N–H and O–H groups in total. The second-order valence-corrected chi connectivity index (χ2v) is 10.6. The van der Waals surface area contributed by atoms with Crippen molar-refractivity contribution in [2.24, 2.45) is 0 Å². The standard InChI is InChI=1S/C35H30ClFN4O4/c1-42-26-15-22(16-27(19-26)43-2)13-14-38-20-25-9-12-32(44-25)23-7-10-31-28(17-23)35(40-21-39-31)41-24-8-11-33(29(36)18-24)45-34-6-4-3-5-30(34)37/h3-12,15-19,21,38H,13-14,20H2,1-2H3,(H,39,40,41). The molecule has 0 unspecified atom stereocenters. The van der Waals surface area contributed by atoms with E-state index in [4.69, 9.17) is 30.2 Å². The fraction of sp³-hybridized carbons (Fsp3) is 0.143. The number of halogens is 2. The van der Waals surface area contributed by atoms with Gasteiger partial charge in [0.2, 0.25) is 0 Å². The van der Waals surface area contributed by atoms with E-state index in [1.807, 2.05) is 48.5 Å². The second kappa shape index (κ2) is 13.7. The normalized spacial score (nSPS) is 11.0. The molecule has 0 spiro atoms. The Kier molecular flexibility index (Phi) is 9.09. The van der Waals surface area contributed by atoms with Crippen molar-refractivity contribution < 1.29 is 23.0 Å². The predicted molar refractivity (Wildman–Crippen MR) is 173 cm³/mol. The number of nitrogens with zero attached hydrogens (tertiary/aromatic N) is 2. The first kappa shape index (κ1) is 29.9. The van der Waals surface area contributed by atoms with Gasteiger partial charge in [0.15, 0.2) is 11.6 Å². The van der Waals surface area contributed by atoms with Crippen LogP contribution in [0.25, 0.3) is 22.2 Å². The highest BCUT2D eigenvalue weighted by Crippen LogP contribution is 2.35. The van der Waals surface area contributed by atoms with E-state index in [2.05, 4.69) is 20.6 Å². The topological polar surface area (TPSA) is 90.7 Å². The van der Waals surface area contributed by atoms with Crippen molar-refractivity contribution >= 4 is 34.0 Å². The van der Waals surface area contributed by atoms with Crippen molar-refractivity contribution in [2.45, 2.75) is 13.0 Å². The van der Waals surface area contributed by atoms with Gasteiger partial charge in [-0.1, -0.05) is 23.7 Å². The quantitative estimate of drug-likeness (QED) is 0.131. The zero-order valence-electron chi connectivity index (χ0n) is 24.6. The number of methoxy groups -OCH3 is 2. The van der Waals surface area contributed by atoms with Gasteiger partial charge in [0.1, 0.15) is 40.9 Å². The van der Waals surface area contributed by atoms with Gasteiger partial charge >= 0.3 is 0 Å². The third-order valence-corrected chi connectivity index (χ3v) is 7.43. The predicted octanol–water partition coefficient (Wildman–Crippen LogP) is 8.57. The summed E-state index contributed by atoms with van der Waals surface area (Å²) in [5.74, 6) is 3.67. The van der Waals surface area contributed by atoms with Crippen molar-refractivity contribution in [1.29, 1.82) is 0 Å². The van der Waals surface area contributed by atoms with Crippen LogP contribution < -0.4 is 24.8 Å². The third kappa shape index (κ3) is 7.17. The minimum atomic E-state index is -0.468. The molecule has 0 amide bonds. The van der Waals surface area contributed by atoms with E-state index < -0.39 is 5.82 Å². The molecule has 0 aliphatic carbocycles. The molecule has 45 heavy (non-hydrogen) atoms. The van der Waals surface area contributed by atoms with E-state index in [1.165, 1.54) is 12.4 Å². The number of para-hydroxylation sites is 1. The molecular formula is C35H30ClFN4O4. The number of rotatable bonds is 12. The first-order valence-electron chi connectivity index (χ1n) is 14.2. The number of ether oxygens (including phenoxy) is 3. The van der Waals surface area contributed by atoms with Crippen LogP contribution in [0.3, 0.4) is 0 Å². The number of fused-ring (bicyclic) bond motifs is 1. The number of aromatic nitrogens is 2. The molecule has 228 valence electrons. The second-order valence-electron chi connectivity index (χ2n) is 10.2. The highest BCUT2D eigenvalue weighted by molar-refractivity contribution is 6.32. The van der Waals surface area contributed by atoms with Crippen LogP contribution in [0.15, 0.2) is 102 Å². The number of furan rings is 1. The zero-order valence-corrected chi connectivity index (χ0v) is 25.4. The van der Waals surface area contributed by atoms with Gasteiger partial charge in [0.05, 0.1) is 31.3 Å². The molecule has 4 aromatic carbocycles. The Bertz CT molecular complexity index is 1930. The van der Waals surface area contributed by atoms with Gasteiger partial charge in [-0.2, -0.15) is 0 Å². The molecule has 8 nitrogen and oxygen atoms in total. The molecule has 0 aliphatic rings. The molecule has 0 saturated heterocycles. The summed E-state index contributed by atoms with van der Waals surface area (Å²) in [5, 5.41) is 7.88. The summed E-state index contributed by atoms with van der Waals surface area (Å²) in [6, 6.07) is 27.0. The lowest BCUT2D eigenvalue weighted by atomic mass is 10.1. The molecule has 0 fully saturated rings. The van der Waals surface area contributed by atoms with Gasteiger partial charge in [0, 0.05) is 22.7 Å². The van der Waals surface area contributed by atoms with Crippen LogP contribution in [0, 0.1) is 5.82 Å². The Labute approximate surface area is 264 Å². The number of hydrogen-bond donors (Lipinski definition) is 2. The molecule has 2 heterocycles. The summed E-state index contributed by atoms with van der Waals surface area (Å²) < 4.78 is 36.6. The van der Waals surface area contributed by atoms with Gasteiger partial charge in [-0.25, -0.2) is 14.4 Å². The fourth-order valence-corrected chi connectivity index (χ4v) is 5.06. The van der Waals surface area contributed by atoms with Gasteiger partial charge in [-0.3, -0.25) is 0 Å². The van der Waals surface area contributed by atoms with Crippen LogP contribution in [0.1, 0.15) is 11.3 Å². The minimum absolute atomic E-state index is 0.0978. The zero-order chi connectivity index (χ0) is 31.2. The molecule has 2 aromatic heterocycles. The monoisotopic (exact) mass is 624 g/mol. The van der Waals surface area contributed by atoms with Gasteiger partial charge < -0.3 is 29.3 Å². The Morgan fingerprint density at radius 3 is 2.44 bits per heavy atom. The lowest BCUT2D eigenvalue weighted by molar-refractivity contribution is 0.393. The summed E-state index contributed by atoms with van der Waals surface area (Å²) >= 11 is 6.48. The van der Waals surface area contributed by atoms with E-state index in [0.717, 1.165) is 58.0 Å². The smallest absolute Gasteiger partial charge is 0.165 e. The summed E-state index contributed by atoms with van der Waals surface area (Å²) in [6.07, 6.45) is 2.31. The molecule has 6 rings (SSSR count). The van der Waals surface area contributed by atoms with E-state index in [0.29, 0.717) is 28.8 Å². The Morgan fingerprint density at radius 1 is 0.844 bits per heavy atom. The Balaban J connectivity index is 1.12. The maximum Gasteiger partial charge on any atom is 0.165 e. The fourth-order valence-electron chi connectivity index (χ4n) is 4.84. The summed E-state index contributed by atoms with van der Waals surface area (Å²) in [6.45, 7) is 1.34. The maximum absolute atomic E-state index is 14.0. The maximum atomic E-state index is 14.0. The average molecular weight is 625 g/mol. The van der Waals surface area contributed by atoms with Crippen LogP contribution in [-0.4, -0.2) is 30.7 Å². The molecule has 10 heteroatoms. The number of hydrogen-bond acceptors (Lipinski definition) is 8. The van der Waals surface area contributed by atoms with Crippen LogP contribution >= 0.6 is 11.6 Å². The first-order chi connectivity index (χ1) is 22.0. The number of nitrogens with one attached hydrogen (secondary N) is 2. The van der Waals surface area contributed by atoms with E-state index in [9.17, 15) is 4.39 Å². The van der Waals surface area contributed by atoms with Crippen molar-refractivity contribution in [3.63, 3.8) is 0 Å². The summed E-state index contributed by atoms with van der Waals surface area (Å²) in [5.41, 5.74) is 3.46. The largest absolute Gasteiger partial charge is 0.497 e. The SMILES string of the molecule is COc1cc(CCNCc2ccc(-c3ccc4ncnc(Nc5ccc(Oc6ccccc6F)c(Cl)c5)c4c3)o2)cc(OC)c1. The van der Waals surface area contributed by atoms with Crippen molar-refractivity contribution in [2.75, 3.05) is 26.1 Å². The van der Waals surface area contributed by atoms with Crippen molar-refractivity contribution in [3.05, 3.63) is 119 Å². The first-order valence-corrected chi connectivity index (χ1v) is 14.6. The number of benzene rings is 4. The molecule has 0 saturated carbocycles. The van der Waals surface area contributed by atoms with E-state index >= 15 is 0 Å². The van der Waals surface area contributed by atoms with Crippen molar-refractivity contribution in [1.82, 2.24) is 15.3 Å². The molecule has 0 atom stereocenters.